The smallest absolute Gasteiger partial charge is 0.134 e. The average molecular weight is 830 g/mol. The van der Waals surface area contributed by atoms with Gasteiger partial charge in [0.25, 0.3) is 0 Å². The Morgan fingerprint density at radius 2 is 0.785 bits per heavy atom. The Morgan fingerprint density at radius 1 is 0.323 bits per heavy atom. The molecule has 5 aromatic heterocycles. The minimum atomic E-state index is -0.749. The predicted molar refractivity (Wildman–Crippen MR) is 262 cm³/mol. The molecule has 1 aliphatic heterocycles. The van der Waals surface area contributed by atoms with Crippen molar-refractivity contribution >= 4 is 65.4 Å². The van der Waals surface area contributed by atoms with E-state index in [9.17, 15) is 0 Å². The Kier molecular flexibility index (Phi) is 6.79. The van der Waals surface area contributed by atoms with E-state index in [1.807, 2.05) is 12.4 Å². The molecule has 1 atom stereocenters. The third kappa shape index (κ3) is 4.47. The normalized spacial score (nSPS) is 15.0. The number of para-hydroxylation sites is 6. The maximum Gasteiger partial charge on any atom is 0.134 e. The lowest BCUT2D eigenvalue weighted by Crippen LogP contribution is -2.32. The topological polar surface area (TPSA) is 49.8 Å². The maximum atomic E-state index is 7.06. The van der Waals surface area contributed by atoms with E-state index >= 15 is 0 Å². The molecule has 6 heterocycles. The number of rotatable bonds is 3. The zero-order valence-corrected chi connectivity index (χ0v) is 34.9. The van der Waals surface area contributed by atoms with E-state index in [1.165, 1.54) is 43.4 Å². The summed E-state index contributed by atoms with van der Waals surface area (Å²) in [6.07, 6.45) is 3.90. The third-order valence-electron chi connectivity index (χ3n) is 14.2. The standard InChI is InChI=1S/C59H35N5O/c1-7-21-49-39(14-1)40-15-2-8-22-50(40)62(49)36-28-30-54-44(32-36)43-18-5-11-25-53(43)63(54)37-27-29-46-56(34-37)65-55-26-12-6-19-45(55)59(46)47-20-13-31-60-57(47)58-48(59)33-38(35-61-58)64-51-23-9-3-16-41(51)42-17-4-10-24-52(42)64/h1-35H. The van der Waals surface area contributed by atoms with Gasteiger partial charge in [-0.25, -0.2) is 0 Å². The molecule has 13 aromatic rings. The molecule has 0 amide bonds. The molecular formula is C59H35N5O. The van der Waals surface area contributed by atoms with Crippen LogP contribution < -0.4 is 4.74 Å². The molecule has 0 radical (unpaired) electrons. The van der Waals surface area contributed by atoms with Crippen LogP contribution in [0.5, 0.6) is 11.5 Å². The predicted octanol–water partition coefficient (Wildman–Crippen LogP) is 14.2. The maximum absolute atomic E-state index is 7.06. The van der Waals surface area contributed by atoms with Crippen molar-refractivity contribution in [3.63, 3.8) is 0 Å². The zero-order valence-electron chi connectivity index (χ0n) is 34.9. The van der Waals surface area contributed by atoms with Crippen molar-refractivity contribution in [3.05, 3.63) is 235 Å². The number of nitrogens with zero attached hydrogens (tertiary/aromatic N) is 5. The number of hydrogen-bond donors (Lipinski definition) is 0. The molecule has 2 aliphatic rings. The van der Waals surface area contributed by atoms with E-state index in [2.05, 4.69) is 214 Å². The summed E-state index contributed by atoms with van der Waals surface area (Å²) in [5, 5.41) is 7.31. The summed E-state index contributed by atoms with van der Waals surface area (Å²) in [6.45, 7) is 0. The van der Waals surface area contributed by atoms with E-state index in [1.54, 1.807) is 0 Å². The Hall–Kier alpha value is -8.74. The second kappa shape index (κ2) is 12.7. The molecule has 0 saturated carbocycles. The molecule has 302 valence electrons. The second-order valence-corrected chi connectivity index (χ2v) is 17.3. The highest BCUT2D eigenvalue weighted by Crippen LogP contribution is 2.61. The van der Waals surface area contributed by atoms with Crippen molar-refractivity contribution in [2.24, 2.45) is 0 Å². The molecule has 1 unspecified atom stereocenters. The molecular weight excluding hydrogens is 795 g/mol. The van der Waals surface area contributed by atoms with E-state index in [-0.39, 0.29) is 0 Å². The number of hydrogen-bond acceptors (Lipinski definition) is 3. The second-order valence-electron chi connectivity index (χ2n) is 17.3. The van der Waals surface area contributed by atoms with Gasteiger partial charge in [-0.05, 0) is 78.4 Å². The van der Waals surface area contributed by atoms with Crippen molar-refractivity contribution in [1.29, 1.82) is 0 Å². The summed E-state index contributed by atoms with van der Waals surface area (Å²) in [6, 6.07) is 72.2. The number of aromatic nitrogens is 5. The SMILES string of the molecule is c1ccc2c(c1)Oc1cc(-n3c4ccccc4c4cc(-n5c6ccccc6c6ccccc65)ccc43)ccc1C21c2cccnc2-c2ncc(-n3c4ccccc4c4ccccc43)cc21. The number of pyridine rings is 2. The van der Waals surface area contributed by atoms with Gasteiger partial charge in [0.15, 0.2) is 0 Å². The van der Waals surface area contributed by atoms with Gasteiger partial charge < -0.3 is 18.4 Å². The lowest BCUT2D eigenvalue weighted by atomic mass is 9.66. The van der Waals surface area contributed by atoms with E-state index in [0.29, 0.717) is 0 Å². The van der Waals surface area contributed by atoms with Gasteiger partial charge in [-0.1, -0.05) is 121 Å². The van der Waals surface area contributed by atoms with Crippen LogP contribution in [0.4, 0.5) is 0 Å². The van der Waals surface area contributed by atoms with Gasteiger partial charge >= 0.3 is 0 Å². The first-order valence-electron chi connectivity index (χ1n) is 22.1. The lowest BCUT2D eigenvalue weighted by molar-refractivity contribution is 0.436. The lowest BCUT2D eigenvalue weighted by Gasteiger charge is -2.39. The van der Waals surface area contributed by atoms with Gasteiger partial charge in [0.1, 0.15) is 11.5 Å². The summed E-state index contributed by atoms with van der Waals surface area (Å²) in [7, 11) is 0. The van der Waals surface area contributed by atoms with Crippen LogP contribution in [-0.4, -0.2) is 23.7 Å². The summed E-state index contributed by atoms with van der Waals surface area (Å²) in [4.78, 5) is 10.4. The fraction of sp³-hybridized carbons (Fsp3) is 0.0169. The van der Waals surface area contributed by atoms with Crippen LogP contribution in [0.15, 0.2) is 213 Å². The molecule has 8 aromatic carbocycles. The van der Waals surface area contributed by atoms with Crippen molar-refractivity contribution in [2.45, 2.75) is 5.41 Å². The average Bonchev–Trinajstić information content (AvgIpc) is 4.08. The molecule has 1 spiro atoms. The van der Waals surface area contributed by atoms with Crippen molar-refractivity contribution in [3.8, 4) is 39.9 Å². The van der Waals surface area contributed by atoms with Crippen LogP contribution in [0.1, 0.15) is 22.3 Å². The minimum Gasteiger partial charge on any atom is -0.457 e. The van der Waals surface area contributed by atoms with Crippen LogP contribution in [0.3, 0.4) is 0 Å². The quantitative estimate of drug-likeness (QED) is 0.178. The van der Waals surface area contributed by atoms with Crippen molar-refractivity contribution in [2.75, 3.05) is 0 Å². The first-order valence-corrected chi connectivity index (χ1v) is 22.1. The van der Waals surface area contributed by atoms with Gasteiger partial charge in [-0.2, -0.15) is 0 Å². The fourth-order valence-corrected chi connectivity index (χ4v) is 11.6. The number of fused-ring (bicyclic) bond motifs is 18. The summed E-state index contributed by atoms with van der Waals surface area (Å²) >= 11 is 0. The Labute approximate surface area is 372 Å². The first-order chi connectivity index (χ1) is 32.3. The Bertz CT molecular complexity index is 4080. The molecule has 0 fully saturated rings. The van der Waals surface area contributed by atoms with Crippen LogP contribution in [0, 0.1) is 0 Å². The van der Waals surface area contributed by atoms with Gasteiger partial charge in [0, 0.05) is 72.6 Å². The molecule has 65 heavy (non-hydrogen) atoms. The minimum absolute atomic E-state index is 0.749. The molecule has 6 heteroatoms. The van der Waals surface area contributed by atoms with Crippen LogP contribution in [0.2, 0.25) is 0 Å². The van der Waals surface area contributed by atoms with Gasteiger partial charge in [-0.15, -0.1) is 0 Å². The number of benzene rings is 8. The highest BCUT2D eigenvalue weighted by Gasteiger charge is 2.52. The zero-order chi connectivity index (χ0) is 42.4. The molecule has 1 aliphatic carbocycles. The van der Waals surface area contributed by atoms with E-state index in [4.69, 9.17) is 14.7 Å². The fourth-order valence-electron chi connectivity index (χ4n) is 11.6. The molecule has 15 rings (SSSR count). The summed E-state index contributed by atoms with van der Waals surface area (Å²) in [5.41, 5.74) is 15.4. The van der Waals surface area contributed by atoms with Crippen LogP contribution >= 0.6 is 0 Å². The van der Waals surface area contributed by atoms with Gasteiger partial charge in [0.2, 0.25) is 0 Å². The molecule has 6 nitrogen and oxygen atoms in total. The van der Waals surface area contributed by atoms with Crippen molar-refractivity contribution in [1.82, 2.24) is 23.7 Å². The highest BCUT2D eigenvalue weighted by molar-refractivity contribution is 6.13. The summed E-state index contributed by atoms with van der Waals surface area (Å²) < 4.78 is 14.2. The van der Waals surface area contributed by atoms with Gasteiger partial charge in [0.05, 0.1) is 61.8 Å². The van der Waals surface area contributed by atoms with Crippen molar-refractivity contribution < 1.29 is 4.74 Å². The van der Waals surface area contributed by atoms with E-state index < -0.39 is 5.41 Å². The molecule has 0 saturated heterocycles. The largest absolute Gasteiger partial charge is 0.457 e. The Morgan fingerprint density at radius 3 is 1.42 bits per heavy atom. The summed E-state index contributed by atoms with van der Waals surface area (Å²) in [5.74, 6) is 1.62. The van der Waals surface area contributed by atoms with Crippen LogP contribution in [-0.2, 0) is 5.41 Å². The highest BCUT2D eigenvalue weighted by atomic mass is 16.5. The third-order valence-corrected chi connectivity index (χ3v) is 14.2. The monoisotopic (exact) mass is 829 g/mol. The first kappa shape index (κ1) is 34.8. The molecule has 0 bridgehead atoms. The number of ether oxygens (including phenoxy) is 1. The molecule has 0 N–H and O–H groups in total. The Balaban J connectivity index is 0.962. The van der Waals surface area contributed by atoms with Gasteiger partial charge in [-0.3, -0.25) is 9.97 Å². The van der Waals surface area contributed by atoms with E-state index in [0.717, 1.165) is 84.3 Å². The van der Waals surface area contributed by atoms with Crippen LogP contribution in [0.25, 0.3) is 93.9 Å².